The Kier molecular flexibility index (Phi) is 53.8. The zero-order valence-electron chi connectivity index (χ0n) is 38.9. The molecule has 0 N–H and O–H groups in total. The van der Waals surface area contributed by atoms with Crippen molar-refractivity contribution >= 4 is 10.9 Å². The highest BCUT2D eigenvalue weighted by Crippen LogP contribution is 2.13. The summed E-state index contributed by atoms with van der Waals surface area (Å²) in [6.07, 6.45) is 21.6. The number of para-hydroxylation sites is 1. The van der Waals surface area contributed by atoms with Gasteiger partial charge in [0, 0.05) is 66.9 Å². The molecule has 0 saturated carbocycles. The summed E-state index contributed by atoms with van der Waals surface area (Å²) in [7, 11) is 0. The van der Waals surface area contributed by atoms with E-state index in [1.54, 1.807) is 55.6 Å². The van der Waals surface area contributed by atoms with Crippen molar-refractivity contribution in [3.05, 3.63) is 158 Å². The van der Waals surface area contributed by atoms with Crippen LogP contribution in [0.5, 0.6) is 0 Å². The molecule has 58 heavy (non-hydrogen) atoms. The van der Waals surface area contributed by atoms with E-state index in [1.807, 2.05) is 136 Å². The fraction of sp³-hybridized carbons (Fsp3) is 0.391. The average molecular weight is 795 g/mol. The first kappa shape index (κ1) is 61.2. The largest absolute Gasteiger partial charge is 0.261 e. The van der Waals surface area contributed by atoms with Crippen LogP contribution in [0.2, 0.25) is 0 Å². The molecule has 0 amide bonds. The number of aryl methyl sites for hydroxylation is 6. The van der Waals surface area contributed by atoms with Crippen LogP contribution in [-0.4, -0.2) is 59.8 Å². The summed E-state index contributed by atoms with van der Waals surface area (Å²) < 4.78 is 0. The molecule has 0 aliphatic carbocycles. The lowest BCUT2D eigenvalue weighted by molar-refractivity contribution is 0.974. The minimum absolute atomic E-state index is 0.759. The third kappa shape index (κ3) is 39.6. The first-order valence-corrected chi connectivity index (χ1v) is 20.1. The second kappa shape index (κ2) is 51.0. The van der Waals surface area contributed by atoms with Crippen LogP contribution in [0.15, 0.2) is 124 Å². The standard InChI is InChI=1S/C10H9N.4C5H6N2.C4H5N3.6C2H6/c1-8-4-2-5-9-6-3-7-11-10(8)9;1-5-2-6-4-7-3-5;1-5-4-6-2-3-7-5;1-5-2-3-6-4-7-5;1-5-6-3-2-4-7-5;1-4-6-2-5-3-7-4;6*1-2/h2-7H,1H3;4*2-4H,1H3;2-3H,1H3;6*1-2H3. The van der Waals surface area contributed by atoms with E-state index in [0.717, 1.165) is 34.1 Å². The van der Waals surface area contributed by atoms with Gasteiger partial charge in [-0.2, -0.15) is 0 Å². The maximum absolute atomic E-state index is 4.28. The Labute approximate surface area is 352 Å². The summed E-state index contributed by atoms with van der Waals surface area (Å²) in [5.74, 6) is 1.58. The van der Waals surface area contributed by atoms with Gasteiger partial charge >= 0.3 is 0 Å². The van der Waals surface area contributed by atoms with Gasteiger partial charge in [0.2, 0.25) is 0 Å². The maximum atomic E-state index is 4.28. The van der Waals surface area contributed by atoms with Crippen LogP contribution in [0.4, 0.5) is 0 Å². The summed E-state index contributed by atoms with van der Waals surface area (Å²) in [5.41, 5.74) is 5.41. The van der Waals surface area contributed by atoms with Gasteiger partial charge in [-0.1, -0.05) is 107 Å². The summed E-state index contributed by atoms with van der Waals surface area (Å²) in [5, 5.41) is 1.22. The average Bonchev–Trinajstić information content (AvgIpc) is 3.30. The first-order valence-electron chi connectivity index (χ1n) is 20.1. The topological polar surface area (TPSA) is 155 Å². The summed E-state index contributed by atoms with van der Waals surface area (Å²) >= 11 is 0. The molecule has 1 aromatic carbocycles. The van der Waals surface area contributed by atoms with Gasteiger partial charge in [-0.15, -0.1) is 0 Å². The lowest BCUT2D eigenvalue weighted by atomic mass is 10.1. The van der Waals surface area contributed by atoms with Crippen molar-refractivity contribution in [3.8, 4) is 0 Å². The normalized spacial score (nSPS) is 7.83. The van der Waals surface area contributed by atoms with Crippen LogP contribution < -0.4 is 0 Å². The predicted molar refractivity (Wildman–Crippen MR) is 246 cm³/mol. The molecule has 0 radical (unpaired) electrons. The smallest absolute Gasteiger partial charge is 0.128 e. The number of hydrogen-bond donors (Lipinski definition) is 0. The molecular weight excluding hydrogens is 721 g/mol. The molecule has 0 fully saturated rings. The minimum atomic E-state index is 0.759. The minimum Gasteiger partial charge on any atom is -0.261 e. The molecule has 0 bridgehead atoms. The molecule has 0 aliphatic rings. The van der Waals surface area contributed by atoms with Crippen molar-refractivity contribution < 1.29 is 0 Å². The zero-order chi connectivity index (χ0) is 45.2. The SMILES string of the molecule is CC.CC.CC.CC.CC.CC.Cc1cccc2cccnc12.Cc1ccncn1.Cc1cnccn1.Cc1cncnc1.Cc1ncccn1.Cc1ncncn1. The van der Waals surface area contributed by atoms with Gasteiger partial charge in [-0.05, 0) is 70.9 Å². The van der Waals surface area contributed by atoms with E-state index in [-0.39, 0.29) is 0 Å². The molecule has 12 nitrogen and oxygen atoms in total. The van der Waals surface area contributed by atoms with E-state index in [1.165, 1.54) is 36.3 Å². The predicted octanol–water partition coefficient (Wildman–Crippen LogP) is 12.0. The van der Waals surface area contributed by atoms with Crippen LogP contribution >= 0.6 is 0 Å². The van der Waals surface area contributed by atoms with Crippen molar-refractivity contribution in [3.63, 3.8) is 0 Å². The molecule has 12 heteroatoms. The van der Waals surface area contributed by atoms with Gasteiger partial charge in [0.15, 0.2) is 0 Å². The lowest BCUT2D eigenvalue weighted by Crippen LogP contribution is -1.84. The third-order valence-electron chi connectivity index (χ3n) is 5.26. The molecule has 6 heterocycles. The summed E-state index contributed by atoms with van der Waals surface area (Å²) in [6, 6.07) is 13.9. The Morgan fingerprint density at radius 3 is 1.17 bits per heavy atom. The molecule has 7 aromatic rings. The number of fused-ring (bicyclic) bond motifs is 1. The molecule has 318 valence electrons. The monoisotopic (exact) mass is 795 g/mol. The van der Waals surface area contributed by atoms with Crippen molar-refractivity contribution in [2.75, 3.05) is 0 Å². The second-order valence-electron chi connectivity index (χ2n) is 9.24. The second-order valence-corrected chi connectivity index (χ2v) is 9.24. The fourth-order valence-corrected chi connectivity index (χ4v) is 3.03. The summed E-state index contributed by atoms with van der Waals surface area (Å²) in [6.45, 7) is 35.6. The van der Waals surface area contributed by atoms with Crippen molar-refractivity contribution in [2.24, 2.45) is 0 Å². The Morgan fingerprint density at radius 1 is 0.328 bits per heavy atom. The van der Waals surface area contributed by atoms with E-state index < -0.39 is 0 Å². The van der Waals surface area contributed by atoms with Gasteiger partial charge in [0.25, 0.3) is 0 Å². The van der Waals surface area contributed by atoms with E-state index in [2.05, 4.69) is 91.0 Å². The third-order valence-corrected chi connectivity index (χ3v) is 5.26. The molecule has 7 rings (SSSR count). The van der Waals surface area contributed by atoms with Crippen LogP contribution in [0, 0.1) is 41.5 Å². The molecule has 0 unspecified atom stereocenters. The van der Waals surface area contributed by atoms with Gasteiger partial charge < -0.3 is 0 Å². The molecular formula is C46H74N12. The fourth-order valence-electron chi connectivity index (χ4n) is 3.03. The molecule has 6 aromatic heterocycles. The highest BCUT2D eigenvalue weighted by molar-refractivity contribution is 5.81. The van der Waals surface area contributed by atoms with Crippen molar-refractivity contribution in [2.45, 2.75) is 125 Å². The number of rotatable bonds is 0. The maximum Gasteiger partial charge on any atom is 0.128 e. The molecule has 0 atom stereocenters. The van der Waals surface area contributed by atoms with Gasteiger partial charge in [-0.25, -0.2) is 44.9 Å². The van der Waals surface area contributed by atoms with Crippen molar-refractivity contribution in [1.29, 1.82) is 0 Å². The number of aromatic nitrogens is 12. The Morgan fingerprint density at radius 2 is 0.845 bits per heavy atom. The summed E-state index contributed by atoms with van der Waals surface area (Å²) in [4.78, 5) is 46.0. The Balaban J connectivity index is -0.000000185. The van der Waals surface area contributed by atoms with Crippen LogP contribution in [0.3, 0.4) is 0 Å². The van der Waals surface area contributed by atoms with E-state index in [4.69, 9.17) is 0 Å². The number of nitrogens with zero attached hydrogens (tertiary/aromatic N) is 12. The van der Waals surface area contributed by atoms with Crippen LogP contribution in [-0.2, 0) is 0 Å². The highest BCUT2D eigenvalue weighted by Gasteiger charge is 1.93. The Hall–Kier alpha value is -6.04. The zero-order valence-corrected chi connectivity index (χ0v) is 38.9. The van der Waals surface area contributed by atoms with E-state index in [0.29, 0.717) is 0 Å². The van der Waals surface area contributed by atoms with Crippen LogP contribution in [0.25, 0.3) is 10.9 Å². The van der Waals surface area contributed by atoms with E-state index >= 15 is 0 Å². The number of pyridine rings is 1. The Bertz CT molecular complexity index is 1510. The van der Waals surface area contributed by atoms with Gasteiger partial charge in [0.05, 0.1) is 11.2 Å². The van der Waals surface area contributed by atoms with Crippen LogP contribution in [0.1, 0.15) is 117 Å². The molecule has 0 aliphatic heterocycles. The van der Waals surface area contributed by atoms with Gasteiger partial charge in [0.1, 0.15) is 37.0 Å². The van der Waals surface area contributed by atoms with Gasteiger partial charge in [-0.3, -0.25) is 15.0 Å². The number of benzene rings is 1. The first-order chi connectivity index (χ1) is 28.3. The lowest BCUT2D eigenvalue weighted by Gasteiger charge is -1.97. The molecule has 0 spiro atoms. The quantitative estimate of drug-likeness (QED) is 0.143. The number of hydrogen-bond acceptors (Lipinski definition) is 12. The van der Waals surface area contributed by atoms with E-state index in [9.17, 15) is 0 Å². The van der Waals surface area contributed by atoms with Crippen molar-refractivity contribution in [1.82, 2.24) is 59.8 Å². The molecule has 0 saturated heterocycles. The highest BCUT2D eigenvalue weighted by atomic mass is 15.0.